The minimum Gasteiger partial charge on any atom is -0.465 e. The fourth-order valence-electron chi connectivity index (χ4n) is 4.44. The lowest BCUT2D eigenvalue weighted by atomic mass is 9.74. The Bertz CT molecular complexity index is 1360. The molecule has 0 heterocycles. The monoisotopic (exact) mass is 564 g/mol. The van der Waals surface area contributed by atoms with Gasteiger partial charge in [-0.25, -0.2) is 4.79 Å². The maximum Gasteiger partial charge on any atom is 0.338 e. The van der Waals surface area contributed by atoms with Crippen molar-refractivity contribution in [2.45, 2.75) is 32.6 Å². The Kier molecular flexibility index (Phi) is 11.5. The van der Waals surface area contributed by atoms with Crippen molar-refractivity contribution in [3.8, 4) is 0 Å². The normalized spacial score (nSPS) is 10.8. The number of esters is 2. The number of hydrogen-bond donors (Lipinski definition) is 0. The van der Waals surface area contributed by atoms with E-state index in [2.05, 4.69) is 19.7 Å². The van der Waals surface area contributed by atoms with E-state index in [0.717, 1.165) is 16.7 Å². The van der Waals surface area contributed by atoms with Crippen molar-refractivity contribution in [3.05, 3.63) is 126 Å². The average molecular weight is 565 g/mol. The molecule has 3 aromatic carbocycles. The summed E-state index contributed by atoms with van der Waals surface area (Å²) >= 11 is 0. The van der Waals surface area contributed by atoms with Crippen molar-refractivity contribution in [1.82, 2.24) is 0 Å². The van der Waals surface area contributed by atoms with Gasteiger partial charge in [-0.1, -0.05) is 106 Å². The molecule has 0 saturated carbocycles. The Morgan fingerprint density at radius 1 is 0.643 bits per heavy atom. The van der Waals surface area contributed by atoms with E-state index in [1.54, 1.807) is 97.9 Å². The van der Waals surface area contributed by atoms with Crippen molar-refractivity contribution in [2.24, 2.45) is 5.41 Å². The molecule has 3 rings (SSSR count). The first-order valence-corrected chi connectivity index (χ1v) is 13.8. The zero-order valence-corrected chi connectivity index (χ0v) is 24.0. The lowest BCUT2D eigenvalue weighted by Crippen LogP contribution is -2.35. The lowest BCUT2D eigenvalue weighted by Gasteiger charge is -2.32. The van der Waals surface area contributed by atoms with Crippen LogP contribution in [0.2, 0.25) is 0 Å². The number of ketones is 2. The number of benzene rings is 3. The third-order valence-electron chi connectivity index (χ3n) is 7.08. The molecule has 0 aromatic heterocycles. The summed E-state index contributed by atoms with van der Waals surface area (Å²) in [6.45, 7) is 12.6. The van der Waals surface area contributed by atoms with Gasteiger partial charge in [0.05, 0.1) is 18.8 Å². The van der Waals surface area contributed by atoms with E-state index >= 15 is 0 Å². The molecule has 0 atom stereocenters. The second-order valence-electron chi connectivity index (χ2n) is 10.1. The standard InChI is InChI=1S/C36H36O6/c1-5-26-9-15-29(16-10-26)32(37)23-36(25-42-34(39)8-4,24-33(38)30-17-11-27(6-2)12-18-30)21-22-41-35(40)31-19-13-28(7-3)14-20-31/h5-7,9-20H,1-3,8,21-25H2,4H3. The molecular weight excluding hydrogens is 528 g/mol. The second kappa shape index (κ2) is 15.2. The summed E-state index contributed by atoms with van der Waals surface area (Å²) < 4.78 is 11.1. The molecule has 6 heteroatoms. The Labute approximate surface area is 247 Å². The van der Waals surface area contributed by atoms with Crippen LogP contribution in [0.1, 0.15) is 80.4 Å². The van der Waals surface area contributed by atoms with Crippen LogP contribution in [0.4, 0.5) is 0 Å². The first-order valence-electron chi connectivity index (χ1n) is 13.8. The largest absolute Gasteiger partial charge is 0.465 e. The molecule has 6 nitrogen and oxygen atoms in total. The maximum absolute atomic E-state index is 13.6. The molecule has 0 aliphatic carbocycles. The van der Waals surface area contributed by atoms with Gasteiger partial charge in [-0.3, -0.25) is 14.4 Å². The van der Waals surface area contributed by atoms with E-state index in [0.29, 0.717) is 16.7 Å². The summed E-state index contributed by atoms with van der Waals surface area (Å²) in [6.07, 6.45) is 5.09. The Morgan fingerprint density at radius 2 is 1.05 bits per heavy atom. The molecule has 0 amide bonds. The Hall–Kier alpha value is -4.84. The molecular formula is C36H36O6. The van der Waals surface area contributed by atoms with Crippen LogP contribution in [0.25, 0.3) is 18.2 Å². The van der Waals surface area contributed by atoms with Crippen LogP contribution in [0, 0.1) is 5.41 Å². The number of carbonyl (C=O) groups excluding carboxylic acids is 4. The first kappa shape index (κ1) is 31.7. The summed E-state index contributed by atoms with van der Waals surface area (Å²) in [5.41, 5.74) is 2.73. The summed E-state index contributed by atoms with van der Waals surface area (Å²) in [6, 6.07) is 20.7. The number of carbonyl (C=O) groups is 4. The highest BCUT2D eigenvalue weighted by atomic mass is 16.5. The summed E-state index contributed by atoms with van der Waals surface area (Å²) in [4.78, 5) is 52.1. The summed E-state index contributed by atoms with van der Waals surface area (Å²) in [5.74, 6) is -1.44. The lowest BCUT2D eigenvalue weighted by molar-refractivity contribution is -0.147. The highest BCUT2D eigenvalue weighted by Gasteiger charge is 2.37. The number of rotatable bonds is 16. The molecule has 3 aromatic rings. The molecule has 0 radical (unpaired) electrons. The quantitative estimate of drug-likeness (QED) is 0.131. The third kappa shape index (κ3) is 8.83. The fraction of sp³-hybridized carbons (Fsp3) is 0.222. The minimum absolute atomic E-state index is 0.0862. The Balaban J connectivity index is 1.90. The van der Waals surface area contributed by atoms with Crippen molar-refractivity contribution >= 4 is 41.7 Å². The molecule has 0 saturated heterocycles. The van der Waals surface area contributed by atoms with E-state index in [1.165, 1.54) is 0 Å². The Morgan fingerprint density at radius 3 is 1.43 bits per heavy atom. The predicted molar refractivity (Wildman–Crippen MR) is 166 cm³/mol. The molecule has 42 heavy (non-hydrogen) atoms. The van der Waals surface area contributed by atoms with E-state index in [9.17, 15) is 19.2 Å². The summed E-state index contributed by atoms with van der Waals surface area (Å²) in [7, 11) is 0. The molecule has 0 bridgehead atoms. The SMILES string of the molecule is C=Cc1ccc(C(=O)CC(CCOC(=O)c2ccc(C=C)cc2)(COC(=O)CC)CC(=O)c2ccc(C=C)cc2)cc1. The van der Waals surface area contributed by atoms with Gasteiger partial charge in [0.2, 0.25) is 0 Å². The molecule has 0 aliphatic heterocycles. The van der Waals surface area contributed by atoms with Crippen molar-refractivity contribution in [2.75, 3.05) is 13.2 Å². The third-order valence-corrected chi connectivity index (χ3v) is 7.08. The fourth-order valence-corrected chi connectivity index (χ4v) is 4.44. The predicted octanol–water partition coefficient (Wildman–Crippen LogP) is 7.65. The van der Waals surface area contributed by atoms with Gasteiger partial charge in [0.15, 0.2) is 11.6 Å². The maximum atomic E-state index is 13.6. The van der Waals surface area contributed by atoms with E-state index in [-0.39, 0.29) is 50.5 Å². The zero-order valence-electron chi connectivity index (χ0n) is 24.0. The molecule has 0 unspecified atom stereocenters. The number of ether oxygens (including phenoxy) is 2. The molecule has 0 spiro atoms. The van der Waals surface area contributed by atoms with Crippen molar-refractivity contribution < 1.29 is 28.7 Å². The zero-order chi connectivity index (χ0) is 30.5. The second-order valence-corrected chi connectivity index (χ2v) is 10.1. The van der Waals surface area contributed by atoms with Crippen LogP contribution < -0.4 is 0 Å². The van der Waals surface area contributed by atoms with Crippen LogP contribution in [0.15, 0.2) is 92.5 Å². The number of hydrogen-bond acceptors (Lipinski definition) is 6. The molecule has 0 N–H and O–H groups in total. The van der Waals surface area contributed by atoms with Gasteiger partial charge in [-0.05, 0) is 35.2 Å². The topological polar surface area (TPSA) is 86.7 Å². The van der Waals surface area contributed by atoms with Gasteiger partial charge < -0.3 is 9.47 Å². The van der Waals surface area contributed by atoms with Gasteiger partial charge in [-0.15, -0.1) is 0 Å². The smallest absolute Gasteiger partial charge is 0.338 e. The van der Waals surface area contributed by atoms with Gasteiger partial charge in [-0.2, -0.15) is 0 Å². The van der Waals surface area contributed by atoms with E-state index < -0.39 is 17.4 Å². The van der Waals surface area contributed by atoms with Crippen LogP contribution in [0.5, 0.6) is 0 Å². The molecule has 0 aliphatic rings. The van der Waals surface area contributed by atoms with Gasteiger partial charge >= 0.3 is 11.9 Å². The highest BCUT2D eigenvalue weighted by Crippen LogP contribution is 2.35. The van der Waals surface area contributed by atoms with Gasteiger partial charge in [0.1, 0.15) is 0 Å². The van der Waals surface area contributed by atoms with Gasteiger partial charge in [0.25, 0.3) is 0 Å². The van der Waals surface area contributed by atoms with Crippen LogP contribution in [-0.2, 0) is 14.3 Å². The molecule has 0 fully saturated rings. The van der Waals surface area contributed by atoms with Crippen LogP contribution in [-0.4, -0.2) is 36.7 Å². The van der Waals surface area contributed by atoms with Crippen LogP contribution >= 0.6 is 0 Å². The van der Waals surface area contributed by atoms with Gasteiger partial charge in [0, 0.05) is 35.8 Å². The molecule has 216 valence electrons. The first-order chi connectivity index (χ1) is 20.2. The van der Waals surface area contributed by atoms with Crippen molar-refractivity contribution in [1.29, 1.82) is 0 Å². The highest BCUT2D eigenvalue weighted by molar-refractivity contribution is 5.99. The van der Waals surface area contributed by atoms with Crippen LogP contribution in [0.3, 0.4) is 0 Å². The van der Waals surface area contributed by atoms with E-state index in [1.807, 2.05) is 0 Å². The summed E-state index contributed by atoms with van der Waals surface area (Å²) in [5, 5.41) is 0. The average Bonchev–Trinajstić information content (AvgIpc) is 3.03. The number of Topliss-reactive ketones (excluding diaryl/α,β-unsaturated/α-hetero) is 2. The van der Waals surface area contributed by atoms with E-state index in [4.69, 9.17) is 9.47 Å². The van der Waals surface area contributed by atoms with Crippen molar-refractivity contribution in [3.63, 3.8) is 0 Å². The minimum atomic E-state index is -1.12.